The summed E-state index contributed by atoms with van der Waals surface area (Å²) in [5.74, 6) is -0.408. The lowest BCUT2D eigenvalue weighted by Gasteiger charge is -2.45. The smallest absolute Gasteiger partial charge is 0.428 e. The first-order valence-electron chi connectivity index (χ1n) is 11.2. The molecule has 0 saturated heterocycles. The maximum Gasteiger partial charge on any atom is 0.461 e. The molecule has 0 bridgehead atoms. The van der Waals surface area contributed by atoms with E-state index in [1.54, 1.807) is 35.2 Å². The van der Waals surface area contributed by atoms with Crippen molar-refractivity contribution in [1.29, 1.82) is 0 Å². The Balaban J connectivity index is 1.66. The van der Waals surface area contributed by atoms with Gasteiger partial charge in [0.25, 0.3) is 0 Å². The van der Waals surface area contributed by atoms with Crippen molar-refractivity contribution in [2.45, 2.75) is 37.7 Å². The first kappa shape index (κ1) is 25.7. The molecule has 3 aromatic rings. The molecule has 10 heteroatoms. The average Bonchev–Trinajstić information content (AvgIpc) is 2.83. The van der Waals surface area contributed by atoms with Crippen molar-refractivity contribution in [3.8, 4) is 5.75 Å². The third-order valence-corrected chi connectivity index (χ3v) is 5.90. The quantitative estimate of drug-likeness (QED) is 0.292. The number of anilines is 2. The van der Waals surface area contributed by atoms with Crippen molar-refractivity contribution < 1.29 is 35.5 Å². The van der Waals surface area contributed by atoms with E-state index < -0.39 is 36.9 Å². The molecule has 1 aliphatic rings. The third-order valence-electron chi connectivity index (χ3n) is 5.90. The number of hydrogen-bond acceptors (Lipinski definition) is 3. The van der Waals surface area contributed by atoms with Gasteiger partial charge in [0.1, 0.15) is 5.75 Å². The maximum absolute atomic E-state index is 13.4. The van der Waals surface area contributed by atoms with Crippen LogP contribution < -0.4 is 14.5 Å². The predicted molar refractivity (Wildman–Crippen MR) is 123 cm³/mol. The Morgan fingerprint density at radius 2 is 1.50 bits per heavy atom. The molecule has 36 heavy (non-hydrogen) atoms. The molecule has 0 spiro atoms. The highest BCUT2D eigenvalue weighted by Crippen LogP contribution is 2.42. The summed E-state index contributed by atoms with van der Waals surface area (Å²) in [5, 5.41) is 0. The summed E-state index contributed by atoms with van der Waals surface area (Å²) in [6.07, 6.45) is -13.9. The van der Waals surface area contributed by atoms with E-state index in [1.807, 2.05) is 35.2 Å². The van der Waals surface area contributed by atoms with Crippen molar-refractivity contribution in [3.63, 3.8) is 0 Å². The molecule has 3 nitrogen and oxygen atoms in total. The fraction of sp³-hybridized carbons (Fsp3) is 0.308. The fourth-order valence-electron chi connectivity index (χ4n) is 4.31. The monoisotopic (exact) mass is 512 g/mol. The summed E-state index contributed by atoms with van der Waals surface area (Å²) in [7, 11) is 0. The van der Waals surface area contributed by atoms with Gasteiger partial charge in [-0.2, -0.15) is 30.7 Å². The van der Waals surface area contributed by atoms with Gasteiger partial charge in [-0.1, -0.05) is 54.6 Å². The van der Waals surface area contributed by atoms with Crippen LogP contribution in [0, 0.1) is 0 Å². The first-order chi connectivity index (χ1) is 17.0. The summed E-state index contributed by atoms with van der Waals surface area (Å²) in [4.78, 5) is 3.67. The summed E-state index contributed by atoms with van der Waals surface area (Å²) < 4.78 is 95.5. The number of para-hydroxylation sites is 2. The fourth-order valence-corrected chi connectivity index (χ4v) is 4.31. The second-order valence-electron chi connectivity index (χ2n) is 8.47. The number of hydrogen-bond donors (Lipinski definition) is 0. The van der Waals surface area contributed by atoms with Crippen LogP contribution >= 0.6 is 0 Å². The summed E-state index contributed by atoms with van der Waals surface area (Å²) in [6.45, 7) is 0.280. The Hall–Kier alpha value is -3.43. The van der Waals surface area contributed by atoms with E-state index in [0.29, 0.717) is 23.5 Å². The van der Waals surface area contributed by atoms with Gasteiger partial charge in [0.05, 0.1) is 23.8 Å². The summed E-state index contributed by atoms with van der Waals surface area (Å²) in [5.41, 5.74) is 2.63. The molecule has 3 aromatic carbocycles. The summed E-state index contributed by atoms with van der Waals surface area (Å²) >= 11 is 0. The molecule has 1 heterocycles. The van der Waals surface area contributed by atoms with Crippen molar-refractivity contribution in [1.82, 2.24) is 0 Å². The summed E-state index contributed by atoms with van der Waals surface area (Å²) in [6, 6.07) is 21.2. The highest BCUT2D eigenvalue weighted by Gasteiger charge is 2.44. The standard InChI is InChI=1S/C26H23F7N2O/c27-24(28)26(32,33)36-20-10-6-7-18(15-20)16-34-17-23(19-8-2-1-3-9-19)35(14-13-25(29,30)31)22-12-5-4-11-21(22)34/h1-12,15,23-24H,13-14,16-17H2/t23-/m0/s1. The van der Waals surface area contributed by atoms with Crippen LogP contribution in [0.1, 0.15) is 23.6 Å². The molecule has 0 amide bonds. The zero-order valence-corrected chi connectivity index (χ0v) is 18.9. The van der Waals surface area contributed by atoms with E-state index in [-0.39, 0.29) is 13.1 Å². The second-order valence-corrected chi connectivity index (χ2v) is 8.47. The lowest BCUT2D eigenvalue weighted by atomic mass is 9.98. The molecule has 0 fully saturated rings. The predicted octanol–water partition coefficient (Wildman–Crippen LogP) is 7.44. The molecule has 0 radical (unpaired) electrons. The molecule has 1 atom stereocenters. The van der Waals surface area contributed by atoms with Gasteiger partial charge >= 0.3 is 18.7 Å². The van der Waals surface area contributed by atoms with Crippen molar-refractivity contribution in [3.05, 3.63) is 90.0 Å². The molecule has 0 unspecified atom stereocenters. The van der Waals surface area contributed by atoms with E-state index in [4.69, 9.17) is 0 Å². The van der Waals surface area contributed by atoms with E-state index in [0.717, 1.165) is 11.6 Å². The minimum Gasteiger partial charge on any atom is -0.428 e. The van der Waals surface area contributed by atoms with Gasteiger partial charge in [0, 0.05) is 19.6 Å². The lowest BCUT2D eigenvalue weighted by molar-refractivity contribution is -0.253. The molecule has 0 saturated carbocycles. The van der Waals surface area contributed by atoms with Crippen LogP contribution in [0.15, 0.2) is 78.9 Å². The van der Waals surface area contributed by atoms with E-state index in [9.17, 15) is 30.7 Å². The van der Waals surface area contributed by atoms with Gasteiger partial charge in [-0.25, -0.2) is 0 Å². The van der Waals surface area contributed by atoms with E-state index in [2.05, 4.69) is 4.74 Å². The van der Waals surface area contributed by atoms with Gasteiger partial charge in [-0.3, -0.25) is 0 Å². The molecule has 192 valence electrons. The van der Waals surface area contributed by atoms with Gasteiger partial charge in [0.2, 0.25) is 0 Å². The van der Waals surface area contributed by atoms with Gasteiger partial charge in [-0.05, 0) is 35.4 Å². The van der Waals surface area contributed by atoms with Gasteiger partial charge < -0.3 is 14.5 Å². The maximum atomic E-state index is 13.4. The minimum atomic E-state index is -4.63. The van der Waals surface area contributed by atoms with E-state index >= 15 is 0 Å². The van der Waals surface area contributed by atoms with Crippen LogP contribution in [0.5, 0.6) is 5.75 Å². The van der Waals surface area contributed by atoms with Crippen LogP contribution in [0.4, 0.5) is 42.1 Å². The van der Waals surface area contributed by atoms with Crippen molar-refractivity contribution >= 4 is 11.4 Å². The number of fused-ring (bicyclic) bond motifs is 1. The molecular formula is C26H23F7N2O. The molecule has 0 aromatic heterocycles. The largest absolute Gasteiger partial charge is 0.461 e. The third kappa shape index (κ3) is 6.03. The number of halogens is 7. The Bertz CT molecular complexity index is 1150. The first-order valence-corrected chi connectivity index (χ1v) is 11.2. The van der Waals surface area contributed by atoms with Crippen LogP contribution in [0.3, 0.4) is 0 Å². The van der Waals surface area contributed by atoms with Crippen molar-refractivity contribution in [2.75, 3.05) is 22.9 Å². The van der Waals surface area contributed by atoms with Crippen LogP contribution in [0.25, 0.3) is 0 Å². The number of benzene rings is 3. The lowest BCUT2D eigenvalue weighted by Crippen LogP contribution is -2.44. The molecule has 0 N–H and O–H groups in total. The molecule has 1 aliphatic heterocycles. The Morgan fingerprint density at radius 1 is 0.833 bits per heavy atom. The number of alkyl halides is 7. The molecule has 0 aliphatic carbocycles. The van der Waals surface area contributed by atoms with Crippen LogP contribution in [0.2, 0.25) is 0 Å². The highest BCUT2D eigenvalue weighted by atomic mass is 19.4. The normalized spacial score (nSPS) is 16.3. The zero-order chi connectivity index (χ0) is 25.9. The van der Waals surface area contributed by atoms with Crippen LogP contribution in [-0.4, -0.2) is 31.8 Å². The minimum absolute atomic E-state index is 0.199. The highest BCUT2D eigenvalue weighted by molar-refractivity contribution is 5.74. The number of nitrogens with zero attached hydrogens (tertiary/aromatic N) is 2. The Kier molecular flexibility index (Phi) is 7.33. The molecule has 4 rings (SSSR count). The van der Waals surface area contributed by atoms with Gasteiger partial charge in [-0.15, -0.1) is 0 Å². The van der Waals surface area contributed by atoms with Gasteiger partial charge in [0.15, 0.2) is 0 Å². The zero-order valence-electron chi connectivity index (χ0n) is 18.9. The Labute approximate surface area is 203 Å². The Morgan fingerprint density at radius 3 is 2.17 bits per heavy atom. The second kappa shape index (κ2) is 10.3. The van der Waals surface area contributed by atoms with E-state index in [1.165, 1.54) is 12.1 Å². The average molecular weight is 512 g/mol. The topological polar surface area (TPSA) is 15.7 Å². The number of ether oxygens (including phenoxy) is 1. The van der Waals surface area contributed by atoms with Crippen LogP contribution in [-0.2, 0) is 6.54 Å². The van der Waals surface area contributed by atoms with Crippen molar-refractivity contribution in [2.24, 2.45) is 0 Å². The molecular weight excluding hydrogens is 489 g/mol. The number of rotatable bonds is 8. The SMILES string of the molecule is FC(F)C(F)(F)Oc1cccc(CN2C[C@@H](c3ccccc3)N(CCC(F)(F)F)c3ccccc32)c1.